The molecule has 1 aromatic carbocycles. The lowest BCUT2D eigenvalue weighted by atomic mass is 10.1. The monoisotopic (exact) mass is 301 g/mol. The van der Waals surface area contributed by atoms with Crippen molar-refractivity contribution in [3.8, 4) is 0 Å². The number of halogens is 3. The maximum absolute atomic E-state index is 12.0. The van der Waals surface area contributed by atoms with Gasteiger partial charge in [0.15, 0.2) is 0 Å². The van der Waals surface area contributed by atoms with Gasteiger partial charge in [0.25, 0.3) is 5.56 Å². The van der Waals surface area contributed by atoms with Crippen molar-refractivity contribution < 1.29 is 27.8 Å². The van der Waals surface area contributed by atoms with Gasteiger partial charge >= 0.3 is 12.3 Å². The molecule has 2 aromatic rings. The molecule has 0 aliphatic heterocycles. The number of carboxylic acid groups (broad SMARTS) is 1. The molecule has 0 bridgehead atoms. The minimum Gasteiger partial charge on any atom is -0.478 e. The Kier molecular flexibility index (Phi) is 3.99. The zero-order valence-corrected chi connectivity index (χ0v) is 10.6. The molecule has 8 heteroatoms. The lowest BCUT2D eigenvalue weighted by Crippen LogP contribution is -2.26. The van der Waals surface area contributed by atoms with Crippen LogP contribution in [0.2, 0.25) is 0 Å². The number of nitrogens with zero attached hydrogens (tertiary/aromatic N) is 1. The Hall–Kier alpha value is -2.35. The molecule has 0 spiro atoms. The van der Waals surface area contributed by atoms with Gasteiger partial charge in [-0.25, -0.2) is 4.79 Å². The minimum absolute atomic E-state index is 0.191. The Morgan fingerprint density at radius 3 is 2.57 bits per heavy atom. The number of carbonyl (C=O) groups is 1. The first kappa shape index (κ1) is 15.0. The fourth-order valence-electron chi connectivity index (χ4n) is 1.99. The highest BCUT2D eigenvalue weighted by Crippen LogP contribution is 2.18. The lowest BCUT2D eigenvalue weighted by Gasteiger charge is -2.13. The highest BCUT2D eigenvalue weighted by Gasteiger charge is 2.28. The van der Waals surface area contributed by atoms with E-state index in [2.05, 4.69) is 4.74 Å². The summed E-state index contributed by atoms with van der Waals surface area (Å²) in [7, 11) is 0. The van der Waals surface area contributed by atoms with Crippen molar-refractivity contribution in [1.29, 1.82) is 0 Å². The number of hydrogen-bond acceptors (Lipinski definition) is 3. The number of aromatic carboxylic acids is 1. The Bertz CT molecular complexity index is 736. The van der Waals surface area contributed by atoms with E-state index in [4.69, 9.17) is 5.11 Å². The van der Waals surface area contributed by atoms with Gasteiger partial charge in [0, 0.05) is 18.0 Å². The molecular formula is C13H10F3NO4. The summed E-state index contributed by atoms with van der Waals surface area (Å²) < 4.78 is 40.6. The number of alkyl halides is 3. The van der Waals surface area contributed by atoms with E-state index in [1.54, 1.807) is 12.1 Å². The first-order chi connectivity index (χ1) is 9.79. The maximum atomic E-state index is 12.0. The van der Waals surface area contributed by atoms with Crippen molar-refractivity contribution in [2.24, 2.45) is 0 Å². The normalized spacial score (nSPS) is 11.8. The number of pyridine rings is 1. The van der Waals surface area contributed by atoms with Crippen LogP contribution >= 0.6 is 0 Å². The summed E-state index contributed by atoms with van der Waals surface area (Å²) in [5, 5.41) is 9.33. The van der Waals surface area contributed by atoms with Crippen LogP contribution in [0.1, 0.15) is 10.4 Å². The van der Waals surface area contributed by atoms with Gasteiger partial charge in [0.2, 0.25) is 0 Å². The van der Waals surface area contributed by atoms with Crippen molar-refractivity contribution in [3.05, 3.63) is 46.2 Å². The molecule has 0 saturated heterocycles. The SMILES string of the molecule is O=C(O)c1cc(=O)n(CCOC(F)(F)F)c2ccccc12. The van der Waals surface area contributed by atoms with E-state index in [9.17, 15) is 22.8 Å². The largest absolute Gasteiger partial charge is 0.522 e. The van der Waals surface area contributed by atoms with Crippen LogP contribution in [0.3, 0.4) is 0 Å². The molecule has 0 fully saturated rings. The predicted octanol–water partition coefficient (Wildman–Crippen LogP) is 2.24. The molecule has 0 unspecified atom stereocenters. The number of hydrogen-bond donors (Lipinski definition) is 1. The number of carboxylic acids is 1. The summed E-state index contributed by atoms with van der Waals surface area (Å²) >= 11 is 0. The fraction of sp³-hybridized carbons (Fsp3) is 0.231. The van der Waals surface area contributed by atoms with Crippen molar-refractivity contribution in [2.75, 3.05) is 6.61 Å². The van der Waals surface area contributed by atoms with E-state index in [0.717, 1.165) is 10.6 Å². The van der Waals surface area contributed by atoms with E-state index in [0.29, 0.717) is 0 Å². The number of para-hydroxylation sites is 1. The van der Waals surface area contributed by atoms with Gasteiger partial charge in [0.05, 0.1) is 17.7 Å². The molecular weight excluding hydrogens is 291 g/mol. The van der Waals surface area contributed by atoms with Gasteiger partial charge in [-0.15, -0.1) is 13.2 Å². The van der Waals surface area contributed by atoms with Crippen LogP contribution in [-0.2, 0) is 11.3 Å². The third kappa shape index (κ3) is 3.40. The van der Waals surface area contributed by atoms with Crippen LogP contribution in [-0.4, -0.2) is 28.6 Å². The van der Waals surface area contributed by atoms with E-state index in [1.165, 1.54) is 12.1 Å². The summed E-state index contributed by atoms with van der Waals surface area (Å²) in [6.07, 6.45) is -4.78. The van der Waals surface area contributed by atoms with Crippen LogP contribution in [0.15, 0.2) is 35.1 Å². The number of benzene rings is 1. The van der Waals surface area contributed by atoms with Gasteiger partial charge in [-0.1, -0.05) is 18.2 Å². The van der Waals surface area contributed by atoms with E-state index >= 15 is 0 Å². The predicted molar refractivity (Wildman–Crippen MR) is 67.2 cm³/mol. The second-order valence-corrected chi connectivity index (χ2v) is 4.16. The molecule has 21 heavy (non-hydrogen) atoms. The molecule has 0 radical (unpaired) electrons. The summed E-state index contributed by atoms with van der Waals surface area (Å²) in [5.74, 6) is -1.28. The van der Waals surface area contributed by atoms with Crippen molar-refractivity contribution in [1.82, 2.24) is 4.57 Å². The third-order valence-corrected chi connectivity index (χ3v) is 2.83. The van der Waals surface area contributed by atoms with Gasteiger partial charge < -0.3 is 9.67 Å². The summed E-state index contributed by atoms with van der Waals surface area (Å²) in [6, 6.07) is 6.98. The Morgan fingerprint density at radius 1 is 1.29 bits per heavy atom. The Balaban J connectivity index is 2.45. The molecule has 0 aliphatic rings. The highest BCUT2D eigenvalue weighted by atomic mass is 19.4. The quantitative estimate of drug-likeness (QED) is 0.940. The smallest absolute Gasteiger partial charge is 0.478 e. The minimum atomic E-state index is -4.78. The van der Waals surface area contributed by atoms with Crippen molar-refractivity contribution in [2.45, 2.75) is 12.9 Å². The molecule has 1 N–H and O–H groups in total. The second-order valence-electron chi connectivity index (χ2n) is 4.16. The Morgan fingerprint density at radius 2 is 1.95 bits per heavy atom. The topological polar surface area (TPSA) is 68.5 Å². The van der Waals surface area contributed by atoms with E-state index in [1.807, 2.05) is 0 Å². The first-order valence-corrected chi connectivity index (χ1v) is 5.86. The average molecular weight is 301 g/mol. The van der Waals surface area contributed by atoms with E-state index in [-0.39, 0.29) is 23.0 Å². The van der Waals surface area contributed by atoms with Gasteiger partial charge in [-0.05, 0) is 6.07 Å². The standard InChI is InChI=1S/C13H10F3NO4/c14-13(15,16)21-6-5-17-10-4-2-1-3-8(10)9(12(19)20)7-11(17)18/h1-4,7H,5-6H2,(H,19,20). The maximum Gasteiger partial charge on any atom is 0.522 e. The van der Waals surface area contributed by atoms with Crippen LogP contribution in [0, 0.1) is 0 Å². The highest BCUT2D eigenvalue weighted by molar-refractivity contribution is 6.02. The zero-order chi connectivity index (χ0) is 15.6. The molecule has 0 aliphatic carbocycles. The van der Waals surface area contributed by atoms with Gasteiger partial charge in [0.1, 0.15) is 0 Å². The molecule has 1 heterocycles. The Labute approximate surface area is 116 Å². The summed E-state index contributed by atoms with van der Waals surface area (Å²) in [5.41, 5.74) is -0.645. The summed E-state index contributed by atoms with van der Waals surface area (Å²) in [4.78, 5) is 23.0. The average Bonchev–Trinajstić information content (AvgIpc) is 2.39. The van der Waals surface area contributed by atoms with Crippen LogP contribution in [0.25, 0.3) is 10.9 Å². The van der Waals surface area contributed by atoms with Crippen molar-refractivity contribution in [3.63, 3.8) is 0 Å². The lowest BCUT2D eigenvalue weighted by molar-refractivity contribution is -0.325. The first-order valence-electron chi connectivity index (χ1n) is 5.86. The number of fused-ring (bicyclic) bond motifs is 1. The molecule has 112 valence electrons. The molecule has 2 rings (SSSR count). The summed E-state index contributed by atoms with van der Waals surface area (Å²) in [6.45, 7) is -1.07. The number of rotatable bonds is 4. The second kappa shape index (κ2) is 5.57. The van der Waals surface area contributed by atoms with Gasteiger partial charge in [-0.3, -0.25) is 9.53 Å². The van der Waals surface area contributed by atoms with Crippen LogP contribution < -0.4 is 5.56 Å². The molecule has 5 nitrogen and oxygen atoms in total. The third-order valence-electron chi connectivity index (χ3n) is 2.83. The number of aromatic nitrogens is 1. The number of ether oxygens (including phenoxy) is 1. The molecule has 1 aromatic heterocycles. The zero-order valence-electron chi connectivity index (χ0n) is 10.6. The fourth-order valence-corrected chi connectivity index (χ4v) is 1.99. The molecule has 0 saturated carbocycles. The van der Waals surface area contributed by atoms with E-state index < -0.39 is 24.5 Å². The van der Waals surface area contributed by atoms with Crippen molar-refractivity contribution >= 4 is 16.9 Å². The van der Waals surface area contributed by atoms with Crippen LogP contribution in [0.4, 0.5) is 13.2 Å². The molecule has 0 atom stereocenters. The molecule has 0 amide bonds. The van der Waals surface area contributed by atoms with Gasteiger partial charge in [-0.2, -0.15) is 0 Å². The van der Waals surface area contributed by atoms with Crippen LogP contribution in [0.5, 0.6) is 0 Å².